The summed E-state index contributed by atoms with van der Waals surface area (Å²) in [5, 5.41) is 0.0674. The van der Waals surface area contributed by atoms with Crippen molar-refractivity contribution in [3.63, 3.8) is 0 Å². The van der Waals surface area contributed by atoms with Crippen LogP contribution in [-0.4, -0.2) is 33.7 Å². The maximum atomic E-state index is 13.9. The minimum absolute atomic E-state index is 0.117. The fourth-order valence-electron chi connectivity index (χ4n) is 5.02. The first-order valence-electron chi connectivity index (χ1n) is 14.6. The number of halogens is 3. The molecule has 0 saturated carbocycles. The molecule has 1 aliphatic heterocycles. The molecule has 5 aromatic rings. The molecule has 0 unspecified atom stereocenters. The third-order valence-electron chi connectivity index (χ3n) is 7.15. The number of ether oxygens (including phenoxy) is 2. The smallest absolute Gasteiger partial charge is 0.433 e. The van der Waals surface area contributed by atoms with Gasteiger partial charge in [0.15, 0.2) is 15.1 Å². The van der Waals surface area contributed by atoms with Gasteiger partial charge < -0.3 is 13.9 Å². The van der Waals surface area contributed by atoms with Crippen LogP contribution in [0.4, 0.5) is 13.2 Å². The molecule has 1 aliphatic rings. The topological polar surface area (TPSA) is 109 Å². The second-order valence-electron chi connectivity index (χ2n) is 10.9. The molecule has 9 nitrogen and oxygen atoms in total. The van der Waals surface area contributed by atoms with Crippen LogP contribution in [0.5, 0.6) is 5.75 Å². The maximum absolute atomic E-state index is 13.9. The molecule has 1 atom stereocenters. The fourth-order valence-corrected chi connectivity index (χ4v) is 6.79. The van der Waals surface area contributed by atoms with E-state index in [1.165, 1.54) is 10.6 Å². The Hall–Kier alpha value is -4.95. The average Bonchev–Trinajstić information content (AvgIpc) is 3.62. The Labute approximate surface area is 280 Å². The van der Waals surface area contributed by atoms with Crippen molar-refractivity contribution >= 4 is 35.1 Å². The van der Waals surface area contributed by atoms with Gasteiger partial charge in [-0.15, -0.1) is 0 Å². The minimum Gasteiger partial charge on any atom is -0.497 e. The van der Waals surface area contributed by atoms with Gasteiger partial charge in [-0.2, -0.15) is 13.2 Å². The molecule has 48 heavy (non-hydrogen) atoms. The Kier molecular flexibility index (Phi) is 9.12. The highest BCUT2D eigenvalue weighted by Gasteiger charge is 2.35. The lowest BCUT2D eigenvalue weighted by Gasteiger charge is -2.25. The van der Waals surface area contributed by atoms with Crippen LogP contribution in [0, 0.1) is 0 Å². The number of rotatable bonds is 8. The number of allylic oxidation sites excluding steroid dienone is 1. The second-order valence-corrected chi connectivity index (χ2v) is 12.8. The van der Waals surface area contributed by atoms with Crippen molar-refractivity contribution in [3.05, 3.63) is 121 Å². The fraction of sp³-hybridized carbons (Fsp3) is 0.206. The first-order chi connectivity index (χ1) is 22.9. The van der Waals surface area contributed by atoms with E-state index < -0.39 is 35.5 Å². The summed E-state index contributed by atoms with van der Waals surface area (Å²) in [4.78, 5) is 40.2. The Morgan fingerprint density at radius 3 is 2.46 bits per heavy atom. The van der Waals surface area contributed by atoms with Crippen molar-refractivity contribution in [2.24, 2.45) is 4.99 Å². The SMILES string of the molecule is COc1ccc([C@H]2C(C(=O)OC(C)C)=C(C)N=c3s/c(=C/c4ccc(Sc5nc(-c6ccccc6)cc(C(F)(F)F)n5)o4)c(=O)n32)cc1. The van der Waals surface area contributed by atoms with E-state index in [0.717, 1.165) is 29.2 Å². The van der Waals surface area contributed by atoms with Gasteiger partial charge >= 0.3 is 12.1 Å². The van der Waals surface area contributed by atoms with Crippen molar-refractivity contribution in [1.82, 2.24) is 14.5 Å². The standard InChI is InChI=1S/C34H27F3N4O5S2/c1-18(2)45-31(43)28-19(3)38-33-41(29(28)21-10-12-22(44-4)13-11-21)30(42)25(47-33)16-23-14-15-27(46-23)48-32-39-24(20-8-6-5-7-9-20)17-26(40-32)34(35,36)37/h5-18,29H,1-4H3/b25-16+/t29-/m0/s1. The van der Waals surface area contributed by atoms with E-state index in [1.807, 2.05) is 0 Å². The number of nitrogens with zero attached hydrogens (tertiary/aromatic N) is 4. The lowest BCUT2D eigenvalue weighted by molar-refractivity contribution is -0.143. The normalized spacial score (nSPS) is 15.0. The lowest BCUT2D eigenvalue weighted by atomic mass is 9.96. The van der Waals surface area contributed by atoms with Gasteiger partial charge in [-0.1, -0.05) is 53.8 Å². The highest BCUT2D eigenvalue weighted by atomic mass is 32.2. The molecule has 0 spiro atoms. The molecule has 0 bridgehead atoms. The number of fused-ring (bicyclic) bond motifs is 1. The van der Waals surface area contributed by atoms with Gasteiger partial charge in [-0.05, 0) is 68.4 Å². The van der Waals surface area contributed by atoms with Crippen molar-refractivity contribution in [2.45, 2.75) is 49.3 Å². The number of hydrogen-bond donors (Lipinski definition) is 0. The van der Waals surface area contributed by atoms with Crippen molar-refractivity contribution < 1.29 is 31.9 Å². The zero-order valence-electron chi connectivity index (χ0n) is 25.9. The third-order valence-corrected chi connectivity index (χ3v) is 8.92. The van der Waals surface area contributed by atoms with Gasteiger partial charge in [-0.3, -0.25) is 9.36 Å². The van der Waals surface area contributed by atoms with Crippen LogP contribution in [0.3, 0.4) is 0 Å². The predicted octanol–water partition coefficient (Wildman–Crippen LogP) is 6.42. The highest BCUT2D eigenvalue weighted by molar-refractivity contribution is 7.99. The number of methoxy groups -OCH3 is 1. The second kappa shape index (κ2) is 13.3. The first kappa shape index (κ1) is 33.0. The number of carbonyl (C=O) groups excluding carboxylic acids is 1. The summed E-state index contributed by atoms with van der Waals surface area (Å²) in [5.74, 6) is 0.298. The molecular formula is C34H27F3N4O5S2. The van der Waals surface area contributed by atoms with Crippen LogP contribution >= 0.6 is 23.1 Å². The maximum Gasteiger partial charge on any atom is 0.433 e. The Bertz CT molecular complexity index is 2210. The molecule has 6 rings (SSSR count). The van der Waals surface area contributed by atoms with Crippen LogP contribution in [0.2, 0.25) is 0 Å². The number of furan rings is 1. The van der Waals surface area contributed by atoms with Gasteiger partial charge in [0.25, 0.3) is 5.56 Å². The van der Waals surface area contributed by atoms with Crippen LogP contribution in [0.15, 0.2) is 109 Å². The van der Waals surface area contributed by atoms with Crippen molar-refractivity contribution in [3.8, 4) is 17.0 Å². The molecule has 0 N–H and O–H groups in total. The molecule has 0 radical (unpaired) electrons. The number of alkyl halides is 3. The molecule has 0 saturated heterocycles. The van der Waals surface area contributed by atoms with E-state index in [1.54, 1.807) is 94.6 Å². The van der Waals surface area contributed by atoms with E-state index >= 15 is 0 Å². The molecule has 246 valence electrons. The Balaban J connectivity index is 1.37. The third kappa shape index (κ3) is 6.85. The first-order valence-corrected chi connectivity index (χ1v) is 16.2. The summed E-state index contributed by atoms with van der Waals surface area (Å²) >= 11 is 1.94. The number of hydrogen-bond acceptors (Lipinski definition) is 10. The number of aromatic nitrogens is 3. The van der Waals surface area contributed by atoms with E-state index in [-0.39, 0.29) is 31.8 Å². The van der Waals surface area contributed by atoms with E-state index in [4.69, 9.17) is 13.9 Å². The summed E-state index contributed by atoms with van der Waals surface area (Å²) in [6.07, 6.45) is -3.55. The predicted molar refractivity (Wildman–Crippen MR) is 173 cm³/mol. The number of benzene rings is 2. The molecule has 0 aliphatic carbocycles. The summed E-state index contributed by atoms with van der Waals surface area (Å²) in [5.41, 5.74) is 0.438. The highest BCUT2D eigenvalue weighted by Crippen LogP contribution is 2.35. The summed E-state index contributed by atoms with van der Waals surface area (Å²) in [7, 11) is 1.54. The van der Waals surface area contributed by atoms with Gasteiger partial charge in [0, 0.05) is 11.6 Å². The zero-order valence-corrected chi connectivity index (χ0v) is 27.6. The Morgan fingerprint density at radius 1 is 1.06 bits per heavy atom. The van der Waals surface area contributed by atoms with E-state index in [2.05, 4.69) is 15.0 Å². The summed E-state index contributed by atoms with van der Waals surface area (Å²) in [6.45, 7) is 5.17. The van der Waals surface area contributed by atoms with Crippen molar-refractivity contribution in [2.75, 3.05) is 7.11 Å². The van der Waals surface area contributed by atoms with Gasteiger partial charge in [0.1, 0.15) is 17.2 Å². The molecule has 0 amide bonds. The summed E-state index contributed by atoms with van der Waals surface area (Å²) < 4.78 is 59.5. The monoisotopic (exact) mass is 692 g/mol. The molecular weight excluding hydrogens is 666 g/mol. The Morgan fingerprint density at radius 2 is 1.79 bits per heavy atom. The van der Waals surface area contributed by atoms with Crippen LogP contribution in [-0.2, 0) is 15.7 Å². The van der Waals surface area contributed by atoms with E-state index in [0.29, 0.717) is 27.4 Å². The molecule has 2 aromatic carbocycles. The van der Waals surface area contributed by atoms with Gasteiger partial charge in [-0.25, -0.2) is 19.8 Å². The average molecular weight is 693 g/mol. The zero-order chi connectivity index (χ0) is 34.2. The van der Waals surface area contributed by atoms with Crippen LogP contribution in [0.25, 0.3) is 17.3 Å². The quantitative estimate of drug-likeness (QED) is 0.136. The van der Waals surface area contributed by atoms with E-state index in [9.17, 15) is 22.8 Å². The van der Waals surface area contributed by atoms with Crippen LogP contribution < -0.4 is 19.6 Å². The largest absolute Gasteiger partial charge is 0.497 e. The van der Waals surface area contributed by atoms with Crippen molar-refractivity contribution in [1.29, 1.82) is 0 Å². The van der Waals surface area contributed by atoms with Gasteiger partial charge in [0.05, 0.1) is 40.8 Å². The molecule has 14 heteroatoms. The molecule has 4 heterocycles. The number of esters is 1. The molecule has 3 aromatic heterocycles. The number of thiazole rings is 1. The molecule has 0 fully saturated rings. The van der Waals surface area contributed by atoms with Gasteiger partial charge in [0.2, 0.25) is 0 Å². The number of carbonyl (C=O) groups is 1. The minimum atomic E-state index is -4.68. The lowest BCUT2D eigenvalue weighted by Crippen LogP contribution is -2.40. The summed E-state index contributed by atoms with van der Waals surface area (Å²) in [6, 6.07) is 18.8. The van der Waals surface area contributed by atoms with Crippen LogP contribution in [0.1, 0.15) is 43.8 Å².